The first-order chi connectivity index (χ1) is 11.1. The number of imidazole rings is 1. The van der Waals surface area contributed by atoms with Gasteiger partial charge in [0, 0.05) is 25.3 Å². The smallest absolute Gasteiger partial charge is 0.228 e. The van der Waals surface area contributed by atoms with Crippen molar-refractivity contribution in [2.24, 2.45) is 0 Å². The third kappa shape index (κ3) is 3.39. The van der Waals surface area contributed by atoms with E-state index in [1.165, 1.54) is 6.42 Å². The van der Waals surface area contributed by atoms with E-state index in [1.807, 2.05) is 40.6 Å². The first-order valence-electron chi connectivity index (χ1n) is 8.43. The van der Waals surface area contributed by atoms with Gasteiger partial charge < -0.3 is 14.2 Å². The third-order valence-electron chi connectivity index (χ3n) is 4.93. The Morgan fingerprint density at radius 2 is 2.13 bits per heavy atom. The lowest BCUT2D eigenvalue weighted by atomic mass is 10.1. The van der Waals surface area contributed by atoms with Gasteiger partial charge in [-0.05, 0) is 52.4 Å². The van der Waals surface area contributed by atoms with Crippen molar-refractivity contribution in [1.82, 2.24) is 19.2 Å². The molecule has 1 fully saturated rings. The predicted molar refractivity (Wildman–Crippen MR) is 91.5 cm³/mol. The molecule has 0 radical (unpaired) electrons. The van der Waals surface area contributed by atoms with Gasteiger partial charge in [-0.25, -0.2) is 4.98 Å². The molecule has 0 unspecified atom stereocenters. The molecule has 1 atom stereocenters. The van der Waals surface area contributed by atoms with Crippen molar-refractivity contribution in [1.29, 1.82) is 0 Å². The van der Waals surface area contributed by atoms with Crippen molar-refractivity contribution in [2.45, 2.75) is 38.6 Å². The number of fused-ring (bicyclic) bond motifs is 1. The molecule has 0 spiro atoms. The van der Waals surface area contributed by atoms with Gasteiger partial charge in [0.2, 0.25) is 5.91 Å². The summed E-state index contributed by atoms with van der Waals surface area (Å²) in [6.45, 7) is 3.72. The average molecular weight is 314 g/mol. The highest BCUT2D eigenvalue weighted by Gasteiger charge is 2.23. The normalized spacial score (nSPS) is 19.3. The molecule has 2 aromatic heterocycles. The molecule has 23 heavy (non-hydrogen) atoms. The molecule has 2 aromatic rings. The van der Waals surface area contributed by atoms with E-state index >= 15 is 0 Å². The first-order valence-corrected chi connectivity index (χ1v) is 8.43. The summed E-state index contributed by atoms with van der Waals surface area (Å²) in [6, 6.07) is 6.53. The van der Waals surface area contributed by atoms with Crippen LogP contribution in [0.2, 0.25) is 0 Å². The number of hydrogen-bond donors (Lipinski definition) is 0. The van der Waals surface area contributed by atoms with Crippen LogP contribution in [0.25, 0.3) is 5.65 Å². The van der Waals surface area contributed by atoms with Crippen molar-refractivity contribution < 1.29 is 4.79 Å². The summed E-state index contributed by atoms with van der Waals surface area (Å²) < 4.78 is 2.04. The van der Waals surface area contributed by atoms with Crippen molar-refractivity contribution >= 4 is 11.6 Å². The number of carbonyl (C=O) groups is 1. The summed E-state index contributed by atoms with van der Waals surface area (Å²) in [7, 11) is 4.26. The lowest BCUT2D eigenvalue weighted by Gasteiger charge is -2.23. The van der Waals surface area contributed by atoms with Crippen LogP contribution >= 0.6 is 0 Å². The third-order valence-corrected chi connectivity index (χ3v) is 4.93. The van der Waals surface area contributed by atoms with Gasteiger partial charge >= 0.3 is 0 Å². The SMILES string of the molecule is Cc1nc2ccccn2c1CC(=O)N1CCC[C@H](N(C)C)CC1. The molecule has 0 N–H and O–H groups in total. The number of carbonyl (C=O) groups excluding carboxylic acids is 1. The summed E-state index contributed by atoms with van der Waals surface area (Å²) >= 11 is 0. The Morgan fingerprint density at radius 3 is 2.91 bits per heavy atom. The van der Waals surface area contributed by atoms with Crippen LogP contribution in [0.15, 0.2) is 24.4 Å². The Labute approximate surface area is 137 Å². The Bertz CT molecular complexity index is 691. The quantitative estimate of drug-likeness (QED) is 0.871. The van der Waals surface area contributed by atoms with Crippen LogP contribution in [0.5, 0.6) is 0 Å². The van der Waals surface area contributed by atoms with E-state index in [0.29, 0.717) is 12.5 Å². The molecule has 1 amide bonds. The molecular weight excluding hydrogens is 288 g/mol. The molecule has 5 nitrogen and oxygen atoms in total. The van der Waals surface area contributed by atoms with Gasteiger partial charge in [-0.15, -0.1) is 0 Å². The van der Waals surface area contributed by atoms with Gasteiger partial charge in [0.05, 0.1) is 17.8 Å². The van der Waals surface area contributed by atoms with Crippen LogP contribution in [-0.2, 0) is 11.2 Å². The lowest BCUT2D eigenvalue weighted by Crippen LogP contribution is -2.35. The fraction of sp³-hybridized carbons (Fsp3) is 0.556. The number of nitrogens with zero attached hydrogens (tertiary/aromatic N) is 4. The Morgan fingerprint density at radius 1 is 1.30 bits per heavy atom. The summed E-state index contributed by atoms with van der Waals surface area (Å²) in [4.78, 5) is 21.6. The fourth-order valence-electron chi connectivity index (χ4n) is 3.48. The highest BCUT2D eigenvalue weighted by molar-refractivity contribution is 5.79. The maximum absolute atomic E-state index is 12.8. The topological polar surface area (TPSA) is 40.9 Å². The maximum atomic E-state index is 12.8. The molecule has 124 valence electrons. The molecular formula is C18H26N4O. The number of pyridine rings is 1. The molecule has 0 bridgehead atoms. The number of rotatable bonds is 3. The van der Waals surface area contributed by atoms with E-state index in [0.717, 1.165) is 43.0 Å². The van der Waals surface area contributed by atoms with Crippen LogP contribution in [0.4, 0.5) is 0 Å². The van der Waals surface area contributed by atoms with Gasteiger partial charge in [-0.3, -0.25) is 4.79 Å². The minimum absolute atomic E-state index is 0.221. The van der Waals surface area contributed by atoms with Gasteiger partial charge in [0.1, 0.15) is 5.65 Å². The molecule has 1 aliphatic rings. The maximum Gasteiger partial charge on any atom is 0.228 e. The summed E-state index contributed by atoms with van der Waals surface area (Å²) in [5.41, 5.74) is 2.88. The van der Waals surface area contributed by atoms with Gasteiger partial charge in [0.25, 0.3) is 0 Å². The molecule has 3 heterocycles. The predicted octanol–water partition coefficient (Wildman–Crippen LogP) is 2.13. The second kappa shape index (κ2) is 6.71. The zero-order chi connectivity index (χ0) is 16.4. The Balaban J connectivity index is 1.72. The van der Waals surface area contributed by atoms with Crippen LogP contribution in [-0.4, -0.2) is 58.3 Å². The fourth-order valence-corrected chi connectivity index (χ4v) is 3.48. The minimum atomic E-state index is 0.221. The van der Waals surface area contributed by atoms with Gasteiger partial charge in [-0.2, -0.15) is 0 Å². The number of hydrogen-bond acceptors (Lipinski definition) is 3. The van der Waals surface area contributed by atoms with Crippen LogP contribution in [0.3, 0.4) is 0 Å². The summed E-state index contributed by atoms with van der Waals surface area (Å²) in [5, 5.41) is 0. The largest absolute Gasteiger partial charge is 0.342 e. The average Bonchev–Trinajstić information content (AvgIpc) is 2.72. The van der Waals surface area contributed by atoms with Gasteiger partial charge in [-0.1, -0.05) is 6.07 Å². The van der Waals surface area contributed by atoms with Gasteiger partial charge in [0.15, 0.2) is 0 Å². The highest BCUT2D eigenvalue weighted by atomic mass is 16.2. The molecule has 1 saturated heterocycles. The van der Waals surface area contributed by atoms with E-state index in [1.54, 1.807) is 0 Å². The molecule has 5 heteroatoms. The number of aryl methyl sites for hydroxylation is 1. The Hall–Kier alpha value is -1.88. The van der Waals surface area contributed by atoms with E-state index in [2.05, 4.69) is 24.0 Å². The standard InChI is InChI=1S/C18H26N4O/c1-14-16(22-11-5-4-8-17(22)19-14)13-18(23)21-10-6-7-15(9-12-21)20(2)3/h4-5,8,11,15H,6-7,9-10,12-13H2,1-3H3/t15-/m0/s1. The van der Waals surface area contributed by atoms with Crippen molar-refractivity contribution in [3.63, 3.8) is 0 Å². The highest BCUT2D eigenvalue weighted by Crippen LogP contribution is 2.17. The monoisotopic (exact) mass is 314 g/mol. The first kappa shape index (κ1) is 16.0. The molecule has 3 rings (SSSR count). The van der Waals surface area contributed by atoms with Crippen LogP contribution in [0.1, 0.15) is 30.7 Å². The number of aromatic nitrogens is 2. The second-order valence-electron chi connectivity index (χ2n) is 6.68. The summed E-state index contributed by atoms with van der Waals surface area (Å²) in [6.07, 6.45) is 5.74. The molecule has 0 saturated carbocycles. The van der Waals surface area contributed by atoms with E-state index in [-0.39, 0.29) is 5.91 Å². The number of likely N-dealkylation sites (tertiary alicyclic amines) is 1. The molecule has 0 aliphatic carbocycles. The zero-order valence-corrected chi connectivity index (χ0v) is 14.3. The molecule has 1 aliphatic heterocycles. The van der Waals surface area contributed by atoms with E-state index in [9.17, 15) is 4.79 Å². The van der Waals surface area contributed by atoms with Crippen molar-refractivity contribution in [3.8, 4) is 0 Å². The molecule has 0 aromatic carbocycles. The minimum Gasteiger partial charge on any atom is -0.342 e. The van der Waals surface area contributed by atoms with E-state index in [4.69, 9.17) is 0 Å². The van der Waals surface area contributed by atoms with E-state index < -0.39 is 0 Å². The van der Waals surface area contributed by atoms with Crippen LogP contribution < -0.4 is 0 Å². The summed E-state index contributed by atoms with van der Waals surface area (Å²) in [5.74, 6) is 0.221. The van der Waals surface area contributed by atoms with Crippen molar-refractivity contribution in [2.75, 3.05) is 27.2 Å². The van der Waals surface area contributed by atoms with Crippen LogP contribution in [0, 0.1) is 6.92 Å². The number of amides is 1. The second-order valence-corrected chi connectivity index (χ2v) is 6.68. The van der Waals surface area contributed by atoms with Crippen molar-refractivity contribution in [3.05, 3.63) is 35.8 Å². The lowest BCUT2D eigenvalue weighted by molar-refractivity contribution is -0.130. The Kier molecular flexibility index (Phi) is 4.66. The zero-order valence-electron chi connectivity index (χ0n) is 14.3.